The Morgan fingerprint density at radius 3 is 2.60 bits per heavy atom. The molecule has 0 aromatic heterocycles. The monoisotopic (exact) mass is 282 g/mol. The summed E-state index contributed by atoms with van der Waals surface area (Å²) in [5.41, 5.74) is -0.752. The van der Waals surface area contributed by atoms with E-state index < -0.39 is 17.4 Å². The third-order valence-corrected chi connectivity index (χ3v) is 4.54. The molecule has 2 atom stereocenters. The minimum atomic E-state index is -0.786. The van der Waals surface area contributed by atoms with E-state index in [1.165, 1.54) is 4.90 Å². The first kappa shape index (κ1) is 15.0. The van der Waals surface area contributed by atoms with Crippen molar-refractivity contribution < 1.29 is 19.5 Å². The lowest BCUT2D eigenvalue weighted by Crippen LogP contribution is -2.43. The van der Waals surface area contributed by atoms with Crippen molar-refractivity contribution in [2.75, 3.05) is 19.6 Å². The van der Waals surface area contributed by atoms with Crippen LogP contribution in [0.1, 0.15) is 39.5 Å². The van der Waals surface area contributed by atoms with Gasteiger partial charge in [-0.2, -0.15) is 0 Å². The van der Waals surface area contributed by atoms with Gasteiger partial charge in [0.1, 0.15) is 0 Å². The zero-order chi connectivity index (χ0) is 14.9. The smallest absolute Gasteiger partial charge is 0.310 e. The molecule has 2 fully saturated rings. The number of likely N-dealkylation sites (tertiary alicyclic amines) is 2. The zero-order valence-electron chi connectivity index (χ0n) is 12.1. The second kappa shape index (κ2) is 5.52. The van der Waals surface area contributed by atoms with Gasteiger partial charge in [0, 0.05) is 19.6 Å². The van der Waals surface area contributed by atoms with E-state index >= 15 is 0 Å². The summed E-state index contributed by atoms with van der Waals surface area (Å²) in [4.78, 5) is 38.7. The number of hydrogen-bond acceptors (Lipinski definition) is 4. The molecule has 2 aliphatic heterocycles. The molecule has 2 unspecified atom stereocenters. The van der Waals surface area contributed by atoms with Crippen molar-refractivity contribution in [3.63, 3.8) is 0 Å². The second-order valence-electron chi connectivity index (χ2n) is 5.75. The highest BCUT2D eigenvalue weighted by Crippen LogP contribution is 2.38. The van der Waals surface area contributed by atoms with Crippen LogP contribution in [0.25, 0.3) is 0 Å². The van der Waals surface area contributed by atoms with Gasteiger partial charge >= 0.3 is 5.97 Å². The molecule has 0 spiro atoms. The maximum atomic E-state index is 12.2. The van der Waals surface area contributed by atoms with Gasteiger partial charge in [0.2, 0.25) is 11.8 Å². The van der Waals surface area contributed by atoms with Crippen molar-refractivity contribution in [3.8, 4) is 0 Å². The van der Waals surface area contributed by atoms with E-state index in [0.717, 1.165) is 6.42 Å². The standard InChI is InChI=1S/C14H22N2O4/c1-3-5-14(13(19)20)6-7-15(9-14)10-8-11(17)16(4-2)12(10)18/h10H,3-9H2,1-2H3,(H,19,20). The Hall–Kier alpha value is -1.43. The molecule has 112 valence electrons. The summed E-state index contributed by atoms with van der Waals surface area (Å²) in [5.74, 6) is -1.10. The Morgan fingerprint density at radius 1 is 1.40 bits per heavy atom. The van der Waals surface area contributed by atoms with Crippen LogP contribution in [0.3, 0.4) is 0 Å². The molecule has 6 nitrogen and oxygen atoms in total. The lowest BCUT2D eigenvalue weighted by molar-refractivity contribution is -0.149. The van der Waals surface area contributed by atoms with Crippen LogP contribution in [-0.4, -0.2) is 58.4 Å². The third kappa shape index (κ3) is 2.32. The SMILES string of the molecule is CCCC1(C(=O)O)CCN(C2CC(=O)N(CC)C2=O)C1. The second-order valence-corrected chi connectivity index (χ2v) is 5.75. The summed E-state index contributed by atoms with van der Waals surface area (Å²) in [6.07, 6.45) is 2.17. The van der Waals surface area contributed by atoms with E-state index in [0.29, 0.717) is 32.5 Å². The molecule has 0 aromatic carbocycles. The van der Waals surface area contributed by atoms with Gasteiger partial charge in [-0.25, -0.2) is 0 Å². The quantitative estimate of drug-likeness (QED) is 0.751. The summed E-state index contributed by atoms with van der Waals surface area (Å²) in [6.45, 7) is 5.09. The van der Waals surface area contributed by atoms with E-state index in [-0.39, 0.29) is 18.2 Å². The van der Waals surface area contributed by atoms with E-state index in [2.05, 4.69) is 0 Å². The Balaban J connectivity index is 2.11. The van der Waals surface area contributed by atoms with Crippen molar-refractivity contribution in [1.82, 2.24) is 9.80 Å². The van der Waals surface area contributed by atoms with E-state index in [4.69, 9.17) is 0 Å². The molecule has 2 amide bonds. The summed E-state index contributed by atoms with van der Waals surface area (Å²) in [7, 11) is 0. The van der Waals surface area contributed by atoms with Gasteiger partial charge < -0.3 is 5.11 Å². The summed E-state index contributed by atoms with van der Waals surface area (Å²) >= 11 is 0. The van der Waals surface area contributed by atoms with Crippen LogP contribution in [-0.2, 0) is 14.4 Å². The van der Waals surface area contributed by atoms with Crippen LogP contribution >= 0.6 is 0 Å². The van der Waals surface area contributed by atoms with E-state index in [1.54, 1.807) is 6.92 Å². The molecule has 0 aliphatic carbocycles. The fourth-order valence-electron chi connectivity index (χ4n) is 3.42. The molecule has 0 bridgehead atoms. The number of nitrogens with zero attached hydrogens (tertiary/aromatic N) is 2. The number of carboxylic acid groups (broad SMARTS) is 1. The number of aliphatic carboxylic acids is 1. The first-order valence-corrected chi connectivity index (χ1v) is 7.27. The maximum absolute atomic E-state index is 12.2. The number of carbonyl (C=O) groups is 3. The highest BCUT2D eigenvalue weighted by Gasteiger charge is 2.50. The van der Waals surface area contributed by atoms with Crippen molar-refractivity contribution in [2.24, 2.45) is 5.41 Å². The Bertz CT molecular complexity index is 437. The van der Waals surface area contributed by atoms with Gasteiger partial charge in [-0.1, -0.05) is 13.3 Å². The Labute approximate surface area is 118 Å². The van der Waals surface area contributed by atoms with Crippen molar-refractivity contribution in [1.29, 1.82) is 0 Å². The van der Waals surface area contributed by atoms with Gasteiger partial charge in [0.15, 0.2) is 0 Å². The first-order valence-electron chi connectivity index (χ1n) is 7.27. The molecule has 20 heavy (non-hydrogen) atoms. The molecule has 0 aromatic rings. The molecule has 2 heterocycles. The van der Waals surface area contributed by atoms with Crippen molar-refractivity contribution in [2.45, 2.75) is 45.6 Å². The lowest BCUT2D eigenvalue weighted by atomic mass is 9.83. The molecule has 2 saturated heterocycles. The lowest BCUT2D eigenvalue weighted by Gasteiger charge is -2.26. The van der Waals surface area contributed by atoms with Gasteiger partial charge in [-0.3, -0.25) is 24.2 Å². The van der Waals surface area contributed by atoms with Gasteiger partial charge in [-0.05, 0) is 19.8 Å². The molecule has 6 heteroatoms. The summed E-state index contributed by atoms with van der Waals surface area (Å²) in [6, 6.07) is -0.458. The predicted molar refractivity (Wildman–Crippen MR) is 72.0 cm³/mol. The van der Waals surface area contributed by atoms with Gasteiger partial charge in [0.25, 0.3) is 0 Å². The molecule has 0 radical (unpaired) electrons. The molecule has 0 saturated carbocycles. The predicted octanol–water partition coefficient (Wildman–Crippen LogP) is 0.711. The molecular formula is C14H22N2O4. The highest BCUT2D eigenvalue weighted by atomic mass is 16.4. The fourth-order valence-corrected chi connectivity index (χ4v) is 3.42. The minimum absolute atomic E-state index is 0.147. The van der Waals surface area contributed by atoms with Gasteiger partial charge in [0.05, 0.1) is 17.9 Å². The maximum Gasteiger partial charge on any atom is 0.310 e. The van der Waals surface area contributed by atoms with Crippen LogP contribution in [0.4, 0.5) is 0 Å². The van der Waals surface area contributed by atoms with Crippen LogP contribution in [0.15, 0.2) is 0 Å². The molecular weight excluding hydrogens is 260 g/mol. The van der Waals surface area contributed by atoms with E-state index in [9.17, 15) is 19.5 Å². The van der Waals surface area contributed by atoms with Crippen LogP contribution in [0.2, 0.25) is 0 Å². The topological polar surface area (TPSA) is 77.9 Å². The number of hydrogen-bond donors (Lipinski definition) is 1. The molecule has 2 aliphatic rings. The number of likely N-dealkylation sites (N-methyl/N-ethyl adjacent to an activating group) is 1. The number of imide groups is 1. The number of rotatable bonds is 5. The Morgan fingerprint density at radius 2 is 2.10 bits per heavy atom. The Kier molecular flexibility index (Phi) is 4.13. The highest BCUT2D eigenvalue weighted by molar-refractivity contribution is 6.05. The first-order chi connectivity index (χ1) is 9.45. The summed E-state index contributed by atoms with van der Waals surface area (Å²) < 4.78 is 0. The van der Waals surface area contributed by atoms with E-state index in [1.807, 2.05) is 11.8 Å². The van der Waals surface area contributed by atoms with Crippen molar-refractivity contribution in [3.05, 3.63) is 0 Å². The third-order valence-electron chi connectivity index (χ3n) is 4.54. The van der Waals surface area contributed by atoms with Crippen LogP contribution in [0.5, 0.6) is 0 Å². The molecule has 1 N–H and O–H groups in total. The summed E-state index contributed by atoms with van der Waals surface area (Å²) in [5, 5.41) is 9.48. The average Bonchev–Trinajstić information content (AvgIpc) is 2.93. The van der Waals surface area contributed by atoms with Crippen LogP contribution < -0.4 is 0 Å². The van der Waals surface area contributed by atoms with Crippen molar-refractivity contribution >= 4 is 17.8 Å². The number of carbonyl (C=O) groups excluding carboxylic acids is 2. The largest absolute Gasteiger partial charge is 0.481 e. The minimum Gasteiger partial charge on any atom is -0.481 e. The van der Waals surface area contributed by atoms with Gasteiger partial charge in [-0.15, -0.1) is 0 Å². The number of carboxylic acids is 1. The molecule has 2 rings (SSSR count). The zero-order valence-corrected chi connectivity index (χ0v) is 12.1. The number of amides is 2. The fraction of sp³-hybridized carbons (Fsp3) is 0.786. The normalized spacial score (nSPS) is 31.3. The average molecular weight is 282 g/mol. The van der Waals surface area contributed by atoms with Crippen LogP contribution in [0, 0.1) is 5.41 Å².